The summed E-state index contributed by atoms with van der Waals surface area (Å²) >= 11 is 0. The largest absolute Gasteiger partial charge is 0.494 e. The van der Waals surface area contributed by atoms with Crippen LogP contribution in [-0.2, 0) is 0 Å². The van der Waals surface area contributed by atoms with Crippen molar-refractivity contribution in [2.45, 2.75) is 34.1 Å². The van der Waals surface area contributed by atoms with E-state index in [2.05, 4.69) is 6.92 Å². The van der Waals surface area contributed by atoms with Crippen LogP contribution in [0.1, 0.15) is 44.7 Å². The van der Waals surface area contributed by atoms with Gasteiger partial charge in [0.2, 0.25) is 5.78 Å². The van der Waals surface area contributed by atoms with Gasteiger partial charge >= 0.3 is 0 Å². The van der Waals surface area contributed by atoms with E-state index in [-0.39, 0.29) is 5.78 Å². The smallest absolute Gasteiger partial charge is 0.203 e. The maximum Gasteiger partial charge on any atom is 0.203 e. The topological polar surface area (TPSA) is 39.4 Å². The Morgan fingerprint density at radius 1 is 1.26 bits per heavy atom. The number of fused-ring (bicyclic) bond motifs is 1. The third-order valence-corrected chi connectivity index (χ3v) is 2.87. The van der Waals surface area contributed by atoms with Crippen molar-refractivity contribution in [1.82, 2.24) is 0 Å². The van der Waals surface area contributed by atoms with Crippen LogP contribution in [0.25, 0.3) is 11.0 Å². The van der Waals surface area contributed by atoms with Crippen LogP contribution >= 0.6 is 0 Å². The van der Waals surface area contributed by atoms with Crippen LogP contribution in [0, 0.1) is 5.41 Å². The molecule has 3 heteroatoms. The third-order valence-electron chi connectivity index (χ3n) is 2.87. The van der Waals surface area contributed by atoms with Gasteiger partial charge in [0.05, 0.1) is 6.61 Å². The molecule has 0 unspecified atom stereocenters. The maximum absolute atomic E-state index is 12.2. The minimum atomic E-state index is -0.435. The maximum atomic E-state index is 12.2. The normalized spacial score (nSPS) is 11.8. The number of furan rings is 1. The van der Waals surface area contributed by atoms with Crippen LogP contribution in [0.3, 0.4) is 0 Å². The van der Waals surface area contributed by atoms with E-state index in [1.54, 1.807) is 6.07 Å². The minimum Gasteiger partial charge on any atom is -0.494 e. The Balaban J connectivity index is 2.33. The number of hydrogen-bond donors (Lipinski definition) is 0. The Labute approximate surface area is 113 Å². The number of rotatable bonds is 4. The van der Waals surface area contributed by atoms with Gasteiger partial charge in [-0.1, -0.05) is 27.7 Å². The highest BCUT2D eigenvalue weighted by atomic mass is 16.5. The quantitative estimate of drug-likeness (QED) is 0.762. The van der Waals surface area contributed by atoms with Crippen molar-refractivity contribution < 1.29 is 13.9 Å². The van der Waals surface area contributed by atoms with E-state index in [4.69, 9.17) is 9.15 Å². The van der Waals surface area contributed by atoms with E-state index in [1.807, 2.05) is 39.0 Å². The molecule has 1 heterocycles. The lowest BCUT2D eigenvalue weighted by Gasteiger charge is -2.13. The van der Waals surface area contributed by atoms with Crippen LogP contribution in [0.2, 0.25) is 0 Å². The van der Waals surface area contributed by atoms with Crippen molar-refractivity contribution in [2.75, 3.05) is 6.61 Å². The van der Waals surface area contributed by atoms with Crippen LogP contribution in [0.4, 0.5) is 0 Å². The zero-order chi connectivity index (χ0) is 14.0. The Bertz CT molecular complexity index is 588. The van der Waals surface area contributed by atoms with E-state index in [1.165, 1.54) is 0 Å². The molecule has 0 saturated heterocycles. The van der Waals surface area contributed by atoms with Crippen LogP contribution in [-0.4, -0.2) is 12.4 Å². The van der Waals surface area contributed by atoms with Gasteiger partial charge in [0.25, 0.3) is 0 Å². The van der Waals surface area contributed by atoms with Gasteiger partial charge in [-0.3, -0.25) is 4.79 Å². The summed E-state index contributed by atoms with van der Waals surface area (Å²) in [5.41, 5.74) is 0.284. The van der Waals surface area contributed by atoms with Gasteiger partial charge in [0.1, 0.15) is 11.3 Å². The Morgan fingerprint density at radius 3 is 2.63 bits per heavy atom. The second kappa shape index (κ2) is 5.08. The summed E-state index contributed by atoms with van der Waals surface area (Å²) < 4.78 is 11.2. The second-order valence-corrected chi connectivity index (χ2v) is 5.74. The minimum absolute atomic E-state index is 0.0136. The zero-order valence-electron chi connectivity index (χ0n) is 11.9. The van der Waals surface area contributed by atoms with E-state index in [9.17, 15) is 4.79 Å². The number of hydrogen-bond acceptors (Lipinski definition) is 3. The first kappa shape index (κ1) is 13.7. The molecule has 0 amide bonds. The fourth-order valence-electron chi connectivity index (χ4n) is 1.81. The molecule has 0 spiro atoms. The lowest BCUT2D eigenvalue weighted by atomic mass is 9.89. The Kier molecular flexibility index (Phi) is 3.65. The van der Waals surface area contributed by atoms with Crippen molar-refractivity contribution in [3.05, 3.63) is 30.0 Å². The first-order valence-corrected chi connectivity index (χ1v) is 6.63. The monoisotopic (exact) mass is 260 g/mol. The number of ketones is 1. The van der Waals surface area contributed by atoms with Crippen LogP contribution in [0.5, 0.6) is 5.75 Å². The van der Waals surface area contributed by atoms with Gasteiger partial charge < -0.3 is 9.15 Å². The average Bonchev–Trinajstić information content (AvgIpc) is 2.76. The number of benzene rings is 1. The predicted octanol–water partition coefficient (Wildman–Crippen LogP) is 4.45. The summed E-state index contributed by atoms with van der Waals surface area (Å²) in [4.78, 5) is 12.2. The number of carbonyl (C=O) groups is 1. The molecule has 0 N–H and O–H groups in total. The highest BCUT2D eigenvalue weighted by Gasteiger charge is 2.26. The first-order chi connectivity index (χ1) is 8.91. The van der Waals surface area contributed by atoms with Gasteiger partial charge in [-0.25, -0.2) is 0 Å². The second-order valence-electron chi connectivity index (χ2n) is 5.74. The number of ether oxygens (including phenoxy) is 1. The van der Waals surface area contributed by atoms with Gasteiger partial charge in [-0.2, -0.15) is 0 Å². The highest BCUT2D eigenvalue weighted by Crippen LogP contribution is 2.28. The molecular formula is C16H20O3. The fraction of sp³-hybridized carbons (Fsp3) is 0.438. The SMILES string of the molecule is CCCOc1ccc2oc(C(=O)C(C)(C)C)cc2c1. The van der Waals surface area contributed by atoms with Crippen molar-refractivity contribution in [3.63, 3.8) is 0 Å². The molecule has 0 radical (unpaired) electrons. The lowest BCUT2D eigenvalue weighted by Crippen LogP contribution is -2.19. The van der Waals surface area contributed by atoms with Crippen LogP contribution in [0.15, 0.2) is 28.7 Å². The molecule has 102 valence electrons. The number of Topliss-reactive ketones (excluding diaryl/α,β-unsaturated/α-hetero) is 1. The van der Waals surface area contributed by atoms with Crippen molar-refractivity contribution in [3.8, 4) is 5.75 Å². The molecule has 0 aliphatic heterocycles. The first-order valence-electron chi connectivity index (χ1n) is 6.63. The molecule has 1 aromatic carbocycles. The third kappa shape index (κ3) is 2.98. The van der Waals surface area contributed by atoms with E-state index in [0.29, 0.717) is 12.4 Å². The molecule has 0 atom stereocenters. The lowest BCUT2D eigenvalue weighted by molar-refractivity contribution is 0.0831. The molecule has 19 heavy (non-hydrogen) atoms. The molecule has 1 aromatic heterocycles. The van der Waals surface area contributed by atoms with Gasteiger partial charge in [-0.05, 0) is 30.7 Å². The molecule has 0 aliphatic carbocycles. The van der Waals surface area contributed by atoms with Gasteiger partial charge in [0.15, 0.2) is 5.76 Å². The Morgan fingerprint density at radius 2 is 2.00 bits per heavy atom. The summed E-state index contributed by atoms with van der Waals surface area (Å²) in [5, 5.41) is 0.904. The standard InChI is InChI=1S/C16H20O3/c1-5-8-18-12-6-7-13-11(9-12)10-14(19-13)15(17)16(2,3)4/h6-7,9-10H,5,8H2,1-4H3. The predicted molar refractivity (Wildman–Crippen MR) is 75.8 cm³/mol. The summed E-state index contributed by atoms with van der Waals surface area (Å²) in [6, 6.07) is 7.42. The zero-order valence-corrected chi connectivity index (χ0v) is 11.9. The molecule has 2 rings (SSSR count). The summed E-state index contributed by atoms with van der Waals surface area (Å²) in [6.45, 7) is 8.42. The van der Waals surface area contributed by atoms with Gasteiger partial charge in [-0.15, -0.1) is 0 Å². The van der Waals surface area contributed by atoms with Crippen LogP contribution < -0.4 is 4.74 Å². The molecular weight excluding hydrogens is 240 g/mol. The molecule has 0 fully saturated rings. The van der Waals surface area contributed by atoms with Crippen molar-refractivity contribution in [1.29, 1.82) is 0 Å². The molecule has 3 nitrogen and oxygen atoms in total. The van der Waals surface area contributed by atoms with Crippen molar-refractivity contribution in [2.24, 2.45) is 5.41 Å². The highest BCUT2D eigenvalue weighted by molar-refractivity contribution is 6.00. The average molecular weight is 260 g/mol. The molecule has 0 bridgehead atoms. The van der Waals surface area contributed by atoms with Crippen molar-refractivity contribution >= 4 is 16.8 Å². The number of carbonyl (C=O) groups excluding carboxylic acids is 1. The van der Waals surface area contributed by atoms with E-state index < -0.39 is 5.41 Å². The summed E-state index contributed by atoms with van der Waals surface area (Å²) in [7, 11) is 0. The molecule has 2 aromatic rings. The van der Waals surface area contributed by atoms with E-state index >= 15 is 0 Å². The Hall–Kier alpha value is -1.77. The summed E-state index contributed by atoms with van der Waals surface area (Å²) in [5.74, 6) is 1.24. The molecule has 0 saturated carbocycles. The fourth-order valence-corrected chi connectivity index (χ4v) is 1.81. The molecule has 0 aliphatic rings. The summed E-state index contributed by atoms with van der Waals surface area (Å²) in [6.07, 6.45) is 0.969. The van der Waals surface area contributed by atoms with Gasteiger partial charge in [0, 0.05) is 10.8 Å². The van der Waals surface area contributed by atoms with E-state index in [0.717, 1.165) is 23.1 Å².